The standard InChI is InChI=1S/C15H12BrClN4/c16-12-5-4-11(13(17)9-12)10-19-14-3-1-6-18-15(14)21-8-2-7-20-21/h1-9,19H,10H2. The second kappa shape index (κ2) is 6.28. The van der Waals surface area contributed by atoms with Gasteiger partial charge in [0.25, 0.3) is 0 Å². The Kier molecular flexibility index (Phi) is 4.22. The number of hydrogen-bond donors (Lipinski definition) is 1. The lowest BCUT2D eigenvalue weighted by molar-refractivity contribution is 0.846. The monoisotopic (exact) mass is 362 g/mol. The van der Waals surface area contributed by atoms with Crippen molar-refractivity contribution in [1.29, 1.82) is 0 Å². The molecule has 2 heterocycles. The van der Waals surface area contributed by atoms with Crippen LogP contribution in [-0.2, 0) is 6.54 Å². The maximum absolute atomic E-state index is 6.23. The minimum atomic E-state index is 0.617. The van der Waals surface area contributed by atoms with Gasteiger partial charge in [-0.05, 0) is 35.9 Å². The lowest BCUT2D eigenvalue weighted by Gasteiger charge is -2.12. The van der Waals surface area contributed by atoms with Crippen LogP contribution < -0.4 is 5.32 Å². The summed E-state index contributed by atoms with van der Waals surface area (Å²) in [6.07, 6.45) is 5.33. The molecule has 0 aliphatic carbocycles. The number of benzene rings is 1. The first-order valence-corrected chi connectivity index (χ1v) is 7.54. The maximum atomic E-state index is 6.23. The second-order valence-corrected chi connectivity index (χ2v) is 5.74. The molecule has 1 aromatic carbocycles. The van der Waals surface area contributed by atoms with Crippen molar-refractivity contribution < 1.29 is 0 Å². The zero-order valence-corrected chi connectivity index (χ0v) is 13.3. The Morgan fingerprint density at radius 1 is 1.19 bits per heavy atom. The Balaban J connectivity index is 1.83. The minimum absolute atomic E-state index is 0.617. The molecule has 1 N–H and O–H groups in total. The molecule has 0 unspecified atom stereocenters. The average Bonchev–Trinajstić information content (AvgIpc) is 3.01. The summed E-state index contributed by atoms with van der Waals surface area (Å²) in [6.45, 7) is 0.617. The van der Waals surface area contributed by atoms with Crippen LogP contribution in [0.4, 0.5) is 5.69 Å². The molecule has 2 aromatic heterocycles. The number of rotatable bonds is 4. The summed E-state index contributed by atoms with van der Waals surface area (Å²) in [4.78, 5) is 4.37. The van der Waals surface area contributed by atoms with E-state index < -0.39 is 0 Å². The molecular weight excluding hydrogens is 352 g/mol. The zero-order valence-electron chi connectivity index (χ0n) is 11.0. The van der Waals surface area contributed by atoms with Crippen molar-refractivity contribution in [1.82, 2.24) is 14.8 Å². The van der Waals surface area contributed by atoms with Crippen molar-refractivity contribution >= 4 is 33.2 Å². The van der Waals surface area contributed by atoms with Gasteiger partial charge < -0.3 is 5.32 Å². The van der Waals surface area contributed by atoms with Gasteiger partial charge in [-0.1, -0.05) is 33.6 Å². The number of hydrogen-bond acceptors (Lipinski definition) is 3. The van der Waals surface area contributed by atoms with Gasteiger partial charge >= 0.3 is 0 Å². The van der Waals surface area contributed by atoms with Gasteiger partial charge in [0.15, 0.2) is 5.82 Å². The third-order valence-corrected chi connectivity index (χ3v) is 3.84. The molecule has 4 nitrogen and oxygen atoms in total. The van der Waals surface area contributed by atoms with E-state index in [1.165, 1.54) is 0 Å². The van der Waals surface area contributed by atoms with Crippen molar-refractivity contribution in [2.75, 3.05) is 5.32 Å². The fourth-order valence-corrected chi connectivity index (χ4v) is 2.71. The summed E-state index contributed by atoms with van der Waals surface area (Å²) in [5.41, 5.74) is 1.93. The molecule has 0 aliphatic heterocycles. The van der Waals surface area contributed by atoms with Crippen molar-refractivity contribution in [2.24, 2.45) is 0 Å². The molecule has 3 rings (SSSR count). The molecule has 6 heteroatoms. The molecule has 0 fully saturated rings. The summed E-state index contributed by atoms with van der Waals surface area (Å²) < 4.78 is 2.70. The summed E-state index contributed by atoms with van der Waals surface area (Å²) in [5.74, 6) is 0.760. The van der Waals surface area contributed by atoms with Crippen molar-refractivity contribution in [3.8, 4) is 5.82 Å². The summed E-state index contributed by atoms with van der Waals surface area (Å²) in [5, 5.41) is 8.29. The Bertz CT molecular complexity index is 743. The Morgan fingerprint density at radius 2 is 2.10 bits per heavy atom. The number of nitrogens with one attached hydrogen (secondary N) is 1. The number of nitrogens with zero attached hydrogens (tertiary/aromatic N) is 3. The van der Waals surface area contributed by atoms with E-state index in [-0.39, 0.29) is 0 Å². The zero-order chi connectivity index (χ0) is 14.7. The molecular formula is C15H12BrClN4. The Hall–Kier alpha value is -1.85. The smallest absolute Gasteiger partial charge is 0.176 e. The highest BCUT2D eigenvalue weighted by Gasteiger charge is 2.07. The fraction of sp³-hybridized carbons (Fsp3) is 0.0667. The number of halogens is 2. The Morgan fingerprint density at radius 3 is 2.86 bits per heavy atom. The van der Waals surface area contributed by atoms with E-state index in [0.29, 0.717) is 6.54 Å². The van der Waals surface area contributed by atoms with Gasteiger partial charge in [0.2, 0.25) is 0 Å². The van der Waals surface area contributed by atoms with E-state index in [2.05, 4.69) is 31.3 Å². The molecule has 0 saturated carbocycles. The van der Waals surface area contributed by atoms with E-state index in [4.69, 9.17) is 11.6 Å². The fourth-order valence-electron chi connectivity index (χ4n) is 1.97. The quantitative estimate of drug-likeness (QED) is 0.751. The summed E-state index contributed by atoms with van der Waals surface area (Å²) in [6, 6.07) is 11.6. The third kappa shape index (κ3) is 3.25. The third-order valence-electron chi connectivity index (χ3n) is 2.99. The topological polar surface area (TPSA) is 42.7 Å². The summed E-state index contributed by atoms with van der Waals surface area (Å²) >= 11 is 9.64. The highest BCUT2D eigenvalue weighted by molar-refractivity contribution is 9.10. The minimum Gasteiger partial charge on any atom is -0.378 e. The first kappa shape index (κ1) is 14.1. The predicted molar refractivity (Wildman–Crippen MR) is 87.8 cm³/mol. The van der Waals surface area contributed by atoms with Crippen LogP contribution in [0.3, 0.4) is 0 Å². The van der Waals surface area contributed by atoms with Gasteiger partial charge in [0.1, 0.15) is 0 Å². The SMILES string of the molecule is Clc1cc(Br)ccc1CNc1cccnc1-n1cccn1. The van der Waals surface area contributed by atoms with Crippen LogP contribution >= 0.6 is 27.5 Å². The highest BCUT2D eigenvalue weighted by atomic mass is 79.9. The van der Waals surface area contributed by atoms with E-state index in [9.17, 15) is 0 Å². The molecule has 0 radical (unpaired) electrons. The van der Waals surface area contributed by atoms with Gasteiger partial charge in [-0.2, -0.15) is 5.10 Å². The van der Waals surface area contributed by atoms with Crippen LogP contribution in [0.15, 0.2) is 59.5 Å². The van der Waals surface area contributed by atoms with Crippen molar-refractivity contribution in [3.05, 3.63) is 70.0 Å². The first-order chi connectivity index (χ1) is 10.2. The number of aromatic nitrogens is 3. The molecule has 106 valence electrons. The van der Waals surface area contributed by atoms with Gasteiger partial charge in [-0.3, -0.25) is 0 Å². The van der Waals surface area contributed by atoms with Crippen LogP contribution in [0.25, 0.3) is 5.82 Å². The largest absolute Gasteiger partial charge is 0.378 e. The number of pyridine rings is 1. The van der Waals surface area contributed by atoms with E-state index >= 15 is 0 Å². The van der Waals surface area contributed by atoms with E-state index in [1.807, 2.05) is 42.6 Å². The van der Waals surface area contributed by atoms with Crippen LogP contribution in [0.1, 0.15) is 5.56 Å². The first-order valence-electron chi connectivity index (χ1n) is 6.37. The van der Waals surface area contributed by atoms with Crippen LogP contribution in [0.2, 0.25) is 5.02 Å². The number of anilines is 1. The molecule has 0 atom stereocenters. The second-order valence-electron chi connectivity index (χ2n) is 4.41. The maximum Gasteiger partial charge on any atom is 0.176 e. The van der Waals surface area contributed by atoms with Crippen molar-refractivity contribution in [3.63, 3.8) is 0 Å². The molecule has 0 amide bonds. The highest BCUT2D eigenvalue weighted by Crippen LogP contribution is 2.23. The van der Waals surface area contributed by atoms with E-state index in [0.717, 1.165) is 26.6 Å². The lowest BCUT2D eigenvalue weighted by Crippen LogP contribution is -2.06. The van der Waals surface area contributed by atoms with E-state index in [1.54, 1.807) is 17.1 Å². The van der Waals surface area contributed by atoms with Gasteiger partial charge in [0.05, 0.1) is 5.69 Å². The normalized spacial score (nSPS) is 10.6. The Labute approximate surface area is 135 Å². The molecule has 21 heavy (non-hydrogen) atoms. The summed E-state index contributed by atoms with van der Waals surface area (Å²) in [7, 11) is 0. The van der Waals surface area contributed by atoms with Crippen LogP contribution in [0.5, 0.6) is 0 Å². The van der Waals surface area contributed by atoms with Gasteiger partial charge in [-0.15, -0.1) is 0 Å². The molecule has 0 spiro atoms. The van der Waals surface area contributed by atoms with Crippen LogP contribution in [-0.4, -0.2) is 14.8 Å². The molecule has 3 aromatic rings. The van der Waals surface area contributed by atoms with Gasteiger partial charge in [-0.25, -0.2) is 9.67 Å². The molecule has 0 saturated heterocycles. The predicted octanol–water partition coefficient (Wildman–Crippen LogP) is 4.30. The molecule has 0 aliphatic rings. The lowest BCUT2D eigenvalue weighted by atomic mass is 10.2. The van der Waals surface area contributed by atoms with Gasteiger partial charge in [0, 0.05) is 34.6 Å². The average molecular weight is 364 g/mol. The van der Waals surface area contributed by atoms with Crippen molar-refractivity contribution in [2.45, 2.75) is 6.54 Å². The van der Waals surface area contributed by atoms with Crippen LogP contribution in [0, 0.1) is 0 Å². The molecule has 0 bridgehead atoms.